The van der Waals surface area contributed by atoms with Crippen molar-refractivity contribution in [1.82, 2.24) is 14.5 Å². The quantitative estimate of drug-likeness (QED) is 0.515. The highest BCUT2D eigenvalue weighted by molar-refractivity contribution is 7.89. The zero-order valence-corrected chi connectivity index (χ0v) is 17.6. The molecule has 0 spiro atoms. The molecule has 1 heterocycles. The number of benzene rings is 2. The Morgan fingerprint density at radius 2 is 1.93 bits per heavy atom. The van der Waals surface area contributed by atoms with Gasteiger partial charge in [0.1, 0.15) is 5.82 Å². The van der Waals surface area contributed by atoms with E-state index >= 15 is 0 Å². The van der Waals surface area contributed by atoms with E-state index in [0.29, 0.717) is 12.1 Å². The van der Waals surface area contributed by atoms with Gasteiger partial charge in [-0.2, -0.15) is 0 Å². The molecule has 2 N–H and O–H groups in total. The number of rotatable bonds is 10. The van der Waals surface area contributed by atoms with Crippen molar-refractivity contribution in [2.24, 2.45) is 5.14 Å². The molecule has 6 nitrogen and oxygen atoms in total. The average Bonchev–Trinajstić information content (AvgIpc) is 3.03. The van der Waals surface area contributed by atoms with E-state index in [-0.39, 0.29) is 4.90 Å². The van der Waals surface area contributed by atoms with E-state index in [2.05, 4.69) is 35.1 Å². The largest absolute Gasteiger partial charge is 0.327 e. The van der Waals surface area contributed by atoms with Crippen LogP contribution in [0.2, 0.25) is 0 Å². The molecule has 0 atom stereocenters. The number of primary sulfonamides is 1. The van der Waals surface area contributed by atoms with E-state index in [0.717, 1.165) is 43.8 Å². The van der Waals surface area contributed by atoms with E-state index in [4.69, 9.17) is 10.1 Å². The first kappa shape index (κ1) is 21.2. The van der Waals surface area contributed by atoms with E-state index in [1.54, 1.807) is 18.2 Å². The summed E-state index contributed by atoms with van der Waals surface area (Å²) in [6.45, 7) is 9.03. The maximum absolute atomic E-state index is 11.7. The first-order valence-corrected chi connectivity index (χ1v) is 11.4. The van der Waals surface area contributed by atoms with Crippen LogP contribution in [0.3, 0.4) is 0 Å². The molecule has 3 aromatic rings. The number of nitrogens with two attached hydrogens (primary N) is 1. The molecule has 0 saturated carbocycles. The molecule has 1 aromatic heterocycles. The summed E-state index contributed by atoms with van der Waals surface area (Å²) in [5.74, 6) is 0.915. The lowest BCUT2D eigenvalue weighted by atomic mass is 10.2. The number of sulfonamides is 1. The van der Waals surface area contributed by atoms with Crippen molar-refractivity contribution in [3.05, 3.63) is 72.6 Å². The molecule has 0 saturated heterocycles. The lowest BCUT2D eigenvalue weighted by Gasteiger charge is -2.21. The first-order chi connectivity index (χ1) is 13.9. The highest BCUT2D eigenvalue weighted by atomic mass is 32.2. The second-order valence-electron chi connectivity index (χ2n) is 7.17. The number of nitrogens with zero attached hydrogens (tertiary/aromatic N) is 3. The predicted octanol–water partition coefficient (Wildman–Crippen LogP) is 3.67. The number of imidazole rings is 1. The summed E-state index contributed by atoms with van der Waals surface area (Å²) in [6, 6.07) is 15.2. The fourth-order valence-electron chi connectivity index (χ4n) is 3.43. The van der Waals surface area contributed by atoms with Crippen LogP contribution in [-0.4, -0.2) is 29.4 Å². The van der Waals surface area contributed by atoms with Gasteiger partial charge in [-0.15, -0.1) is 6.58 Å². The van der Waals surface area contributed by atoms with Gasteiger partial charge in [0.05, 0.1) is 22.5 Å². The van der Waals surface area contributed by atoms with Crippen LogP contribution in [0, 0.1) is 0 Å². The minimum absolute atomic E-state index is 0.0870. The Hall–Kier alpha value is -2.48. The molecule has 0 aliphatic rings. The Balaban J connectivity index is 1.97. The predicted molar refractivity (Wildman–Crippen MR) is 117 cm³/mol. The molecule has 0 bridgehead atoms. The van der Waals surface area contributed by atoms with Crippen molar-refractivity contribution in [2.75, 3.05) is 6.54 Å². The Bertz CT molecular complexity index is 1070. The van der Waals surface area contributed by atoms with Gasteiger partial charge >= 0.3 is 0 Å². The van der Waals surface area contributed by atoms with E-state index in [9.17, 15) is 8.42 Å². The number of hydrogen-bond donors (Lipinski definition) is 1. The summed E-state index contributed by atoms with van der Waals surface area (Å²) in [4.78, 5) is 7.13. The minimum atomic E-state index is -3.76. The molecule has 0 amide bonds. The van der Waals surface area contributed by atoms with Crippen LogP contribution in [0.15, 0.2) is 66.1 Å². The topological polar surface area (TPSA) is 81.2 Å². The molecule has 0 fully saturated rings. The van der Waals surface area contributed by atoms with Crippen molar-refractivity contribution in [3.63, 3.8) is 0 Å². The molecule has 29 heavy (non-hydrogen) atoms. The SMILES string of the molecule is C=CCN(Cc1ccccc1)Cc1nc2cc(S(N)(=O)=O)ccc2n1CCCC. The second kappa shape index (κ2) is 9.35. The van der Waals surface area contributed by atoms with E-state index in [1.807, 2.05) is 24.3 Å². The molecular weight excluding hydrogens is 384 g/mol. The molecule has 0 unspecified atom stereocenters. The van der Waals surface area contributed by atoms with Gasteiger partial charge in [-0.1, -0.05) is 49.8 Å². The van der Waals surface area contributed by atoms with Crippen molar-refractivity contribution in [2.45, 2.75) is 44.3 Å². The summed E-state index contributed by atoms with van der Waals surface area (Å²) in [7, 11) is -3.76. The van der Waals surface area contributed by atoms with Crippen LogP contribution in [0.4, 0.5) is 0 Å². The lowest BCUT2D eigenvalue weighted by molar-refractivity contribution is 0.274. The summed E-state index contributed by atoms with van der Waals surface area (Å²) >= 11 is 0. The Morgan fingerprint density at radius 3 is 2.59 bits per heavy atom. The first-order valence-electron chi connectivity index (χ1n) is 9.81. The average molecular weight is 413 g/mol. The summed E-state index contributed by atoms with van der Waals surface area (Å²) < 4.78 is 25.6. The van der Waals surface area contributed by atoms with Gasteiger partial charge in [0.25, 0.3) is 0 Å². The fourth-order valence-corrected chi connectivity index (χ4v) is 3.97. The smallest absolute Gasteiger partial charge is 0.238 e. The molecule has 0 aliphatic carbocycles. The third-order valence-corrected chi connectivity index (χ3v) is 5.77. The van der Waals surface area contributed by atoms with Crippen LogP contribution in [0.1, 0.15) is 31.2 Å². The van der Waals surface area contributed by atoms with Crippen molar-refractivity contribution < 1.29 is 8.42 Å². The molecule has 2 aromatic carbocycles. The highest BCUT2D eigenvalue weighted by Gasteiger charge is 2.17. The monoisotopic (exact) mass is 412 g/mol. The molecule has 154 valence electrons. The van der Waals surface area contributed by atoms with Crippen molar-refractivity contribution in [3.8, 4) is 0 Å². The molecule has 0 aliphatic heterocycles. The van der Waals surface area contributed by atoms with Crippen molar-refractivity contribution >= 4 is 21.1 Å². The van der Waals surface area contributed by atoms with Gasteiger partial charge in [-0.05, 0) is 30.2 Å². The third kappa shape index (κ3) is 5.32. The van der Waals surface area contributed by atoms with Crippen LogP contribution < -0.4 is 5.14 Å². The lowest BCUT2D eigenvalue weighted by Crippen LogP contribution is -2.25. The van der Waals surface area contributed by atoms with Gasteiger partial charge in [0.2, 0.25) is 10.0 Å². The minimum Gasteiger partial charge on any atom is -0.327 e. The Kier molecular flexibility index (Phi) is 6.84. The fraction of sp³-hybridized carbons (Fsp3) is 0.318. The van der Waals surface area contributed by atoms with Crippen molar-refractivity contribution in [1.29, 1.82) is 0 Å². The highest BCUT2D eigenvalue weighted by Crippen LogP contribution is 2.22. The zero-order chi connectivity index (χ0) is 20.9. The summed E-state index contributed by atoms with van der Waals surface area (Å²) in [6.07, 6.45) is 3.98. The molecule has 0 radical (unpaired) electrons. The van der Waals surface area contributed by atoms with Gasteiger partial charge in [0.15, 0.2) is 0 Å². The summed E-state index contributed by atoms with van der Waals surface area (Å²) in [5, 5.41) is 5.30. The Labute approximate surface area is 172 Å². The van der Waals surface area contributed by atoms with Crippen LogP contribution >= 0.6 is 0 Å². The third-order valence-electron chi connectivity index (χ3n) is 4.86. The Morgan fingerprint density at radius 1 is 1.17 bits per heavy atom. The van der Waals surface area contributed by atoms with Gasteiger partial charge < -0.3 is 4.57 Å². The van der Waals surface area contributed by atoms with Crippen LogP contribution in [-0.2, 0) is 29.7 Å². The molecular formula is C22H28N4O2S. The zero-order valence-electron chi connectivity index (χ0n) is 16.8. The number of hydrogen-bond acceptors (Lipinski definition) is 4. The summed E-state index contributed by atoms with van der Waals surface area (Å²) in [5.41, 5.74) is 2.81. The maximum atomic E-state index is 11.7. The number of fused-ring (bicyclic) bond motifs is 1. The van der Waals surface area contributed by atoms with Gasteiger partial charge in [-0.25, -0.2) is 18.5 Å². The van der Waals surface area contributed by atoms with Gasteiger partial charge in [-0.3, -0.25) is 4.90 Å². The van der Waals surface area contributed by atoms with Crippen LogP contribution in [0.25, 0.3) is 11.0 Å². The number of unbranched alkanes of at least 4 members (excludes halogenated alkanes) is 1. The van der Waals surface area contributed by atoms with E-state index in [1.165, 1.54) is 5.56 Å². The molecule has 7 heteroatoms. The standard InChI is InChI=1S/C22H28N4O2S/c1-3-5-14-26-21-12-11-19(29(23,27)28)15-20(21)24-22(26)17-25(13-4-2)16-18-9-7-6-8-10-18/h4,6-12,15H,2-3,5,13-14,16-17H2,1H3,(H2,23,27,28). The maximum Gasteiger partial charge on any atom is 0.238 e. The number of aryl methyl sites for hydroxylation is 1. The second-order valence-corrected chi connectivity index (χ2v) is 8.73. The van der Waals surface area contributed by atoms with Gasteiger partial charge in [0, 0.05) is 19.6 Å². The normalized spacial score (nSPS) is 12.0. The molecule has 3 rings (SSSR count). The number of aromatic nitrogens is 2. The van der Waals surface area contributed by atoms with Crippen LogP contribution in [0.5, 0.6) is 0 Å². The van der Waals surface area contributed by atoms with E-state index < -0.39 is 10.0 Å².